The van der Waals surface area contributed by atoms with E-state index in [1.807, 2.05) is 4.90 Å². The second-order valence-corrected chi connectivity index (χ2v) is 7.89. The van der Waals surface area contributed by atoms with E-state index in [0.29, 0.717) is 31.1 Å². The molecule has 0 atom stereocenters. The Morgan fingerprint density at radius 2 is 1.79 bits per heavy atom. The Morgan fingerprint density at radius 1 is 1.07 bits per heavy atom. The molecule has 0 aliphatic carbocycles. The van der Waals surface area contributed by atoms with Gasteiger partial charge in [-0.3, -0.25) is 14.5 Å². The van der Waals surface area contributed by atoms with Crippen LogP contribution in [-0.4, -0.2) is 54.3 Å². The zero-order valence-corrected chi connectivity index (χ0v) is 17.4. The summed E-state index contributed by atoms with van der Waals surface area (Å²) in [5.41, 5.74) is 2.69. The molecule has 6 nitrogen and oxygen atoms in total. The highest BCUT2D eigenvalue weighted by Crippen LogP contribution is 2.16. The lowest BCUT2D eigenvalue weighted by atomic mass is 10.0. The normalized spacial score (nSPS) is 14.9. The second-order valence-electron chi connectivity index (χ2n) is 7.89. The predicted molar refractivity (Wildman–Crippen MR) is 113 cm³/mol. The number of carbonyl (C=O) groups excluding carboxylic acids is 2. The Kier molecular flexibility index (Phi) is 7.47. The highest BCUT2D eigenvalue weighted by molar-refractivity contribution is 5.91. The number of hydrogen-bond acceptors (Lipinski definition) is 4. The lowest BCUT2D eigenvalue weighted by molar-refractivity contribution is -0.133. The number of amides is 2. The summed E-state index contributed by atoms with van der Waals surface area (Å²) in [6, 6.07) is 12.2. The summed E-state index contributed by atoms with van der Waals surface area (Å²) in [5.74, 6) is 0.777. The zero-order valence-electron chi connectivity index (χ0n) is 17.4. The van der Waals surface area contributed by atoms with E-state index in [4.69, 9.17) is 4.42 Å². The van der Waals surface area contributed by atoms with Crippen molar-refractivity contribution in [2.75, 3.05) is 32.7 Å². The fourth-order valence-corrected chi connectivity index (χ4v) is 3.52. The van der Waals surface area contributed by atoms with Gasteiger partial charge in [-0.15, -0.1) is 0 Å². The van der Waals surface area contributed by atoms with Crippen LogP contribution in [-0.2, 0) is 11.3 Å². The minimum absolute atomic E-state index is 0.165. The van der Waals surface area contributed by atoms with Gasteiger partial charge >= 0.3 is 0 Å². The summed E-state index contributed by atoms with van der Waals surface area (Å²) in [7, 11) is 0. The molecule has 2 amide bonds. The van der Waals surface area contributed by atoms with Crippen LogP contribution in [0.25, 0.3) is 0 Å². The molecule has 0 radical (unpaired) electrons. The maximum atomic E-state index is 12.4. The van der Waals surface area contributed by atoms with Crippen LogP contribution in [0.5, 0.6) is 0 Å². The Morgan fingerprint density at radius 3 is 2.41 bits per heavy atom. The van der Waals surface area contributed by atoms with Crippen LogP contribution < -0.4 is 5.32 Å². The van der Waals surface area contributed by atoms with Crippen molar-refractivity contribution in [3.05, 3.63) is 59.5 Å². The largest absolute Gasteiger partial charge is 0.459 e. The van der Waals surface area contributed by atoms with Crippen molar-refractivity contribution >= 4 is 11.8 Å². The number of hydrogen-bond donors (Lipinski definition) is 1. The lowest BCUT2D eigenvalue weighted by Crippen LogP contribution is -2.48. The van der Waals surface area contributed by atoms with Gasteiger partial charge in [0.25, 0.3) is 5.91 Å². The van der Waals surface area contributed by atoms with Gasteiger partial charge in [0.1, 0.15) is 0 Å². The molecule has 6 heteroatoms. The summed E-state index contributed by atoms with van der Waals surface area (Å²) in [6.07, 6.45) is 2.56. The first-order valence-electron chi connectivity index (χ1n) is 10.4. The third-order valence-corrected chi connectivity index (χ3v) is 5.38. The molecule has 0 saturated carbocycles. The SMILES string of the molecule is CC(C)c1ccc(CN2CCN(C(=O)CCCNC(=O)c3ccco3)CC2)cc1. The zero-order chi connectivity index (χ0) is 20.6. The highest BCUT2D eigenvalue weighted by Gasteiger charge is 2.21. The molecule has 2 aromatic rings. The molecule has 0 unspecified atom stereocenters. The van der Waals surface area contributed by atoms with Crippen LogP contribution >= 0.6 is 0 Å². The quantitative estimate of drug-likeness (QED) is 0.695. The van der Waals surface area contributed by atoms with Gasteiger partial charge in [-0.05, 0) is 35.6 Å². The van der Waals surface area contributed by atoms with Gasteiger partial charge in [-0.1, -0.05) is 38.1 Å². The standard InChI is InChI=1S/C23H31N3O3/c1-18(2)20-9-7-19(8-10-20)17-25-12-14-26(15-13-25)22(27)6-3-11-24-23(28)21-5-4-16-29-21/h4-5,7-10,16,18H,3,6,11-15,17H2,1-2H3,(H,24,28). The van der Waals surface area contributed by atoms with Gasteiger partial charge in [0.15, 0.2) is 5.76 Å². The summed E-state index contributed by atoms with van der Waals surface area (Å²) < 4.78 is 5.05. The molecular formula is C23H31N3O3. The summed E-state index contributed by atoms with van der Waals surface area (Å²) in [6.45, 7) is 9.14. The van der Waals surface area contributed by atoms with Crippen molar-refractivity contribution in [2.24, 2.45) is 0 Å². The van der Waals surface area contributed by atoms with Gasteiger partial charge in [0, 0.05) is 45.7 Å². The molecular weight excluding hydrogens is 366 g/mol. The Bertz CT molecular complexity index is 776. The minimum atomic E-state index is -0.238. The fraction of sp³-hybridized carbons (Fsp3) is 0.478. The molecule has 156 valence electrons. The third kappa shape index (κ3) is 6.19. The number of nitrogens with one attached hydrogen (secondary N) is 1. The molecule has 2 heterocycles. The van der Waals surface area contributed by atoms with Crippen LogP contribution in [0.4, 0.5) is 0 Å². The van der Waals surface area contributed by atoms with Crippen molar-refractivity contribution in [1.29, 1.82) is 0 Å². The smallest absolute Gasteiger partial charge is 0.286 e. The first-order valence-corrected chi connectivity index (χ1v) is 10.4. The summed E-state index contributed by atoms with van der Waals surface area (Å²) in [4.78, 5) is 28.5. The maximum absolute atomic E-state index is 12.4. The maximum Gasteiger partial charge on any atom is 0.286 e. The minimum Gasteiger partial charge on any atom is -0.459 e. The van der Waals surface area contributed by atoms with Crippen molar-refractivity contribution in [1.82, 2.24) is 15.1 Å². The van der Waals surface area contributed by atoms with Crippen molar-refractivity contribution in [3.63, 3.8) is 0 Å². The number of piperazine rings is 1. The monoisotopic (exact) mass is 397 g/mol. The predicted octanol–water partition coefficient (Wildman–Crippen LogP) is 3.26. The Labute approximate surface area is 172 Å². The lowest BCUT2D eigenvalue weighted by Gasteiger charge is -2.35. The molecule has 1 aliphatic rings. The highest BCUT2D eigenvalue weighted by atomic mass is 16.3. The van der Waals surface area contributed by atoms with Gasteiger partial charge in [0.05, 0.1) is 6.26 Å². The van der Waals surface area contributed by atoms with Gasteiger partial charge in [0.2, 0.25) is 5.91 Å². The van der Waals surface area contributed by atoms with Crippen LogP contribution in [0.3, 0.4) is 0 Å². The summed E-state index contributed by atoms with van der Waals surface area (Å²) in [5, 5.41) is 2.78. The van der Waals surface area contributed by atoms with E-state index in [2.05, 4.69) is 48.3 Å². The molecule has 1 fully saturated rings. The van der Waals surface area contributed by atoms with E-state index in [0.717, 1.165) is 32.7 Å². The molecule has 1 aromatic carbocycles. The molecule has 1 N–H and O–H groups in total. The third-order valence-electron chi connectivity index (χ3n) is 5.38. The first kappa shape index (κ1) is 21.1. The molecule has 29 heavy (non-hydrogen) atoms. The Balaban J connectivity index is 1.33. The van der Waals surface area contributed by atoms with Gasteiger partial charge < -0.3 is 14.6 Å². The van der Waals surface area contributed by atoms with Crippen molar-refractivity contribution in [3.8, 4) is 0 Å². The molecule has 1 saturated heterocycles. The van der Waals surface area contributed by atoms with E-state index in [1.54, 1.807) is 12.1 Å². The number of nitrogens with zero attached hydrogens (tertiary/aromatic N) is 2. The molecule has 1 aromatic heterocycles. The summed E-state index contributed by atoms with van der Waals surface area (Å²) >= 11 is 0. The first-order chi connectivity index (χ1) is 14.0. The van der Waals surface area contributed by atoms with Gasteiger partial charge in [-0.25, -0.2) is 0 Å². The van der Waals surface area contributed by atoms with Crippen molar-refractivity contribution in [2.45, 2.75) is 39.2 Å². The average Bonchev–Trinajstić information content (AvgIpc) is 3.27. The van der Waals surface area contributed by atoms with E-state index in [9.17, 15) is 9.59 Å². The van der Waals surface area contributed by atoms with E-state index < -0.39 is 0 Å². The number of rotatable bonds is 8. The van der Waals surface area contributed by atoms with E-state index in [-0.39, 0.29) is 11.8 Å². The van der Waals surface area contributed by atoms with E-state index >= 15 is 0 Å². The van der Waals surface area contributed by atoms with Crippen LogP contribution in [0.15, 0.2) is 47.1 Å². The van der Waals surface area contributed by atoms with E-state index in [1.165, 1.54) is 17.4 Å². The van der Waals surface area contributed by atoms with Crippen LogP contribution in [0, 0.1) is 0 Å². The fourth-order valence-electron chi connectivity index (χ4n) is 3.52. The number of carbonyl (C=O) groups is 2. The molecule has 1 aliphatic heterocycles. The van der Waals surface area contributed by atoms with Crippen molar-refractivity contribution < 1.29 is 14.0 Å². The average molecular weight is 398 g/mol. The topological polar surface area (TPSA) is 65.8 Å². The second kappa shape index (κ2) is 10.3. The number of benzene rings is 1. The Hall–Kier alpha value is -2.60. The van der Waals surface area contributed by atoms with Crippen LogP contribution in [0.2, 0.25) is 0 Å². The van der Waals surface area contributed by atoms with Crippen LogP contribution in [0.1, 0.15) is 54.3 Å². The number of furan rings is 1. The molecule has 3 rings (SSSR count). The molecule has 0 spiro atoms. The van der Waals surface area contributed by atoms with Gasteiger partial charge in [-0.2, -0.15) is 0 Å². The molecule has 0 bridgehead atoms.